The van der Waals surface area contributed by atoms with Crippen molar-refractivity contribution in [3.63, 3.8) is 0 Å². The summed E-state index contributed by atoms with van der Waals surface area (Å²) < 4.78 is 19.6. The summed E-state index contributed by atoms with van der Waals surface area (Å²) in [5, 5.41) is 1.34. The zero-order valence-electron chi connectivity index (χ0n) is 11.7. The first-order valence-corrected chi connectivity index (χ1v) is 9.65. The van der Waals surface area contributed by atoms with Gasteiger partial charge in [-0.2, -0.15) is 0 Å². The first-order chi connectivity index (χ1) is 9.73. The van der Waals surface area contributed by atoms with Crippen LogP contribution in [0.25, 0.3) is 0 Å². The van der Waals surface area contributed by atoms with E-state index in [0.29, 0.717) is 6.61 Å². The van der Waals surface area contributed by atoms with E-state index in [1.165, 1.54) is 11.8 Å². The van der Waals surface area contributed by atoms with Gasteiger partial charge in [-0.15, -0.1) is 11.8 Å². The van der Waals surface area contributed by atoms with E-state index >= 15 is 0 Å². The maximum absolute atomic E-state index is 13.8. The largest absolute Gasteiger partial charge is 0.359 e. The van der Waals surface area contributed by atoms with Gasteiger partial charge in [-0.1, -0.05) is 60.7 Å². The van der Waals surface area contributed by atoms with Crippen molar-refractivity contribution in [2.45, 2.75) is 12.1 Å². The van der Waals surface area contributed by atoms with Gasteiger partial charge in [0.15, 0.2) is 12.3 Å². The fraction of sp³-hybridized carbons (Fsp3) is 0.250. The molecule has 0 bridgehead atoms. The summed E-state index contributed by atoms with van der Waals surface area (Å²) in [6.45, 7) is 2.48. The lowest BCUT2D eigenvalue weighted by Gasteiger charge is -2.27. The van der Waals surface area contributed by atoms with Crippen LogP contribution in [-0.2, 0) is 9.30 Å². The Morgan fingerprint density at radius 1 is 1.00 bits per heavy atom. The summed E-state index contributed by atoms with van der Waals surface area (Å²) in [6.07, 6.45) is 1.94. The van der Waals surface area contributed by atoms with E-state index in [0.717, 1.165) is 10.6 Å². The van der Waals surface area contributed by atoms with E-state index in [-0.39, 0.29) is 5.18 Å². The van der Waals surface area contributed by atoms with Crippen molar-refractivity contribution < 1.29 is 9.30 Å². The molecule has 20 heavy (non-hydrogen) atoms. The lowest BCUT2D eigenvalue weighted by molar-refractivity contribution is 0.172. The van der Waals surface area contributed by atoms with Crippen LogP contribution in [0.1, 0.15) is 6.92 Å². The van der Waals surface area contributed by atoms with Crippen LogP contribution in [0.4, 0.5) is 0 Å². The van der Waals surface area contributed by atoms with Crippen LogP contribution in [0.15, 0.2) is 60.7 Å². The molecule has 2 aromatic rings. The zero-order valence-corrected chi connectivity index (χ0v) is 13.4. The molecule has 0 saturated carbocycles. The average molecular weight is 306 g/mol. The number of thioether (sulfide) groups is 1. The maximum atomic E-state index is 13.8. The Hall–Kier alpha value is -1.02. The average Bonchev–Trinajstić information content (AvgIpc) is 2.53. The second-order valence-electron chi connectivity index (χ2n) is 4.33. The zero-order chi connectivity index (χ0) is 14.4. The minimum Gasteiger partial charge on any atom is -0.359 e. The second-order valence-corrected chi connectivity index (χ2v) is 8.39. The molecule has 0 aliphatic heterocycles. The molecule has 2 rings (SSSR count). The normalized spacial score (nSPS) is 13.1. The van der Waals surface area contributed by atoms with Crippen LogP contribution in [-0.4, -0.2) is 18.0 Å². The Kier molecular flexibility index (Phi) is 5.47. The standard InChI is InChI=1S/C16H19O2PS/c1-3-18-16(20-2)19(17,14-10-6-4-7-11-14)15-12-8-5-9-13-15/h4-13,16H,3H2,1-2H3/t16-/m1/s1. The van der Waals surface area contributed by atoms with Crippen molar-refractivity contribution in [2.24, 2.45) is 0 Å². The molecule has 0 heterocycles. The van der Waals surface area contributed by atoms with Gasteiger partial charge in [0.1, 0.15) is 0 Å². The van der Waals surface area contributed by atoms with E-state index in [1.807, 2.05) is 73.8 Å². The smallest absolute Gasteiger partial charge is 0.180 e. The van der Waals surface area contributed by atoms with Crippen LogP contribution < -0.4 is 10.6 Å². The second kappa shape index (κ2) is 7.12. The summed E-state index contributed by atoms with van der Waals surface area (Å²) >= 11 is 1.51. The third-order valence-electron chi connectivity index (χ3n) is 3.09. The Morgan fingerprint density at radius 3 is 1.80 bits per heavy atom. The van der Waals surface area contributed by atoms with E-state index < -0.39 is 7.14 Å². The van der Waals surface area contributed by atoms with Crippen LogP contribution in [0.5, 0.6) is 0 Å². The summed E-state index contributed by atoms with van der Waals surface area (Å²) in [4.78, 5) is 0. The molecule has 0 saturated heterocycles. The summed E-state index contributed by atoms with van der Waals surface area (Å²) in [5.41, 5.74) is 0. The van der Waals surface area contributed by atoms with Gasteiger partial charge in [-0.3, -0.25) is 0 Å². The van der Waals surface area contributed by atoms with E-state index in [2.05, 4.69) is 0 Å². The van der Waals surface area contributed by atoms with Crippen molar-refractivity contribution in [2.75, 3.05) is 12.9 Å². The lowest BCUT2D eigenvalue weighted by atomic mass is 10.4. The highest BCUT2D eigenvalue weighted by Gasteiger charge is 2.36. The molecular weight excluding hydrogens is 287 g/mol. The van der Waals surface area contributed by atoms with Crippen LogP contribution in [0.3, 0.4) is 0 Å². The van der Waals surface area contributed by atoms with Crippen molar-refractivity contribution >= 4 is 29.5 Å². The Morgan fingerprint density at radius 2 is 1.45 bits per heavy atom. The van der Waals surface area contributed by atoms with E-state index in [4.69, 9.17) is 4.74 Å². The molecule has 0 fully saturated rings. The van der Waals surface area contributed by atoms with Gasteiger partial charge in [0.2, 0.25) is 0 Å². The summed E-state index contributed by atoms with van der Waals surface area (Å²) in [7, 11) is -2.81. The predicted octanol–water partition coefficient (Wildman–Crippen LogP) is 3.68. The van der Waals surface area contributed by atoms with Gasteiger partial charge < -0.3 is 9.30 Å². The molecule has 0 N–H and O–H groups in total. The van der Waals surface area contributed by atoms with Gasteiger partial charge in [0.25, 0.3) is 0 Å². The number of rotatable bonds is 6. The van der Waals surface area contributed by atoms with Gasteiger partial charge in [0.05, 0.1) is 0 Å². The van der Waals surface area contributed by atoms with Crippen molar-refractivity contribution in [3.8, 4) is 0 Å². The Balaban J connectivity index is 2.57. The molecule has 2 nitrogen and oxygen atoms in total. The van der Waals surface area contributed by atoms with Crippen molar-refractivity contribution in [3.05, 3.63) is 60.7 Å². The minimum atomic E-state index is -2.81. The Labute approximate surface area is 124 Å². The quantitative estimate of drug-likeness (QED) is 0.601. The molecule has 0 aliphatic rings. The van der Waals surface area contributed by atoms with E-state index in [9.17, 15) is 4.57 Å². The number of hydrogen-bond acceptors (Lipinski definition) is 3. The van der Waals surface area contributed by atoms with Crippen LogP contribution in [0, 0.1) is 0 Å². The molecule has 0 radical (unpaired) electrons. The van der Waals surface area contributed by atoms with Crippen LogP contribution >= 0.6 is 18.9 Å². The first-order valence-electron chi connectivity index (χ1n) is 6.58. The van der Waals surface area contributed by atoms with E-state index in [1.54, 1.807) is 0 Å². The fourth-order valence-corrected chi connectivity index (χ4v) is 6.72. The Bertz CT molecular complexity index is 528. The number of ether oxygens (including phenoxy) is 1. The first kappa shape index (κ1) is 15.4. The highest BCUT2D eigenvalue weighted by Crippen LogP contribution is 2.52. The van der Waals surface area contributed by atoms with Crippen molar-refractivity contribution in [1.82, 2.24) is 0 Å². The maximum Gasteiger partial charge on any atom is 0.180 e. The van der Waals surface area contributed by atoms with Crippen molar-refractivity contribution in [1.29, 1.82) is 0 Å². The molecule has 2 aromatic carbocycles. The van der Waals surface area contributed by atoms with Gasteiger partial charge in [-0.25, -0.2) is 0 Å². The molecule has 0 unspecified atom stereocenters. The molecule has 1 atom stereocenters. The highest BCUT2D eigenvalue weighted by atomic mass is 32.2. The highest BCUT2D eigenvalue weighted by molar-refractivity contribution is 8.08. The molecule has 4 heteroatoms. The van der Waals surface area contributed by atoms with Crippen LogP contribution in [0.2, 0.25) is 0 Å². The SMILES string of the molecule is CCO[C@@H](SC)P(=O)(c1ccccc1)c1ccccc1. The predicted molar refractivity (Wildman–Crippen MR) is 88.7 cm³/mol. The molecule has 0 aliphatic carbocycles. The lowest BCUT2D eigenvalue weighted by Crippen LogP contribution is -2.25. The summed E-state index contributed by atoms with van der Waals surface area (Å²) in [6, 6.07) is 19.3. The molecular formula is C16H19O2PS. The van der Waals surface area contributed by atoms with Gasteiger partial charge in [-0.05, 0) is 13.2 Å². The minimum absolute atomic E-state index is 0.350. The van der Waals surface area contributed by atoms with Gasteiger partial charge in [0, 0.05) is 17.2 Å². The third kappa shape index (κ3) is 3.01. The molecule has 0 amide bonds. The number of hydrogen-bond donors (Lipinski definition) is 0. The molecule has 0 aromatic heterocycles. The fourth-order valence-electron chi connectivity index (χ4n) is 2.16. The monoisotopic (exact) mass is 306 g/mol. The number of benzene rings is 2. The topological polar surface area (TPSA) is 26.3 Å². The van der Waals surface area contributed by atoms with Gasteiger partial charge >= 0.3 is 0 Å². The molecule has 0 spiro atoms. The molecule has 106 valence electrons. The summed E-state index contributed by atoms with van der Waals surface area (Å²) in [5.74, 6) is 0. The third-order valence-corrected chi connectivity index (χ3v) is 8.02.